The number of rotatable bonds is 4. The Kier molecular flexibility index (Phi) is 4.59. The maximum atomic E-state index is 11.9. The molecule has 1 fully saturated rings. The Hall–Kier alpha value is -1.52. The normalized spacial score (nSPS) is 30.5. The van der Waals surface area contributed by atoms with Gasteiger partial charge in [0.15, 0.2) is 6.23 Å². The van der Waals surface area contributed by atoms with Gasteiger partial charge >= 0.3 is 5.69 Å². The third-order valence-electron chi connectivity index (χ3n) is 3.37. The van der Waals surface area contributed by atoms with Crippen molar-refractivity contribution < 1.29 is 20.1 Å². The summed E-state index contributed by atoms with van der Waals surface area (Å²) in [5, 5.41) is 28.7. The molecule has 21 heavy (non-hydrogen) atoms. The van der Waals surface area contributed by atoms with Crippen LogP contribution in [-0.2, 0) is 11.2 Å². The molecule has 6 N–H and O–H groups in total. The summed E-state index contributed by atoms with van der Waals surface area (Å²) in [5.74, 6) is 0. The first-order valence-corrected chi connectivity index (χ1v) is 6.57. The lowest BCUT2D eigenvalue weighted by molar-refractivity contribution is -0.0551. The van der Waals surface area contributed by atoms with Crippen molar-refractivity contribution in [3.05, 3.63) is 32.6 Å². The Bertz CT molecular complexity index is 610. The number of nitrogens with one attached hydrogen (secondary N) is 1. The second-order valence-electron chi connectivity index (χ2n) is 5.23. The van der Waals surface area contributed by atoms with Crippen LogP contribution in [0.3, 0.4) is 0 Å². The molecule has 118 valence electrons. The first kappa shape index (κ1) is 15.9. The van der Waals surface area contributed by atoms with E-state index in [2.05, 4.69) is 4.98 Å². The first-order chi connectivity index (χ1) is 9.85. The van der Waals surface area contributed by atoms with E-state index in [1.807, 2.05) is 0 Å². The van der Waals surface area contributed by atoms with Crippen molar-refractivity contribution in [1.82, 2.24) is 9.55 Å². The van der Waals surface area contributed by atoms with Crippen LogP contribution in [-0.4, -0.2) is 55.8 Å². The third kappa shape index (κ3) is 3.06. The molecule has 1 saturated heterocycles. The highest BCUT2D eigenvalue weighted by Gasteiger charge is 2.43. The predicted molar refractivity (Wildman–Crippen MR) is 71.7 cm³/mol. The standard InChI is InChI=1S/C12H19N3O6/c1-5(13)2-6-3-15(12(20)14-10(6)19)11-9(18)8(17)7(4-16)21-11/h3,5,7-9,11,16-18H,2,4,13H2,1H3,(H,14,19,20)/t5?,7-,8-,9-,11-/m1/s1. The molecule has 1 aromatic rings. The van der Waals surface area contributed by atoms with E-state index in [0.29, 0.717) is 0 Å². The van der Waals surface area contributed by atoms with Gasteiger partial charge in [0.25, 0.3) is 5.56 Å². The molecule has 0 aliphatic carbocycles. The fourth-order valence-electron chi connectivity index (χ4n) is 2.32. The van der Waals surface area contributed by atoms with Crippen LogP contribution in [0.15, 0.2) is 15.8 Å². The van der Waals surface area contributed by atoms with Gasteiger partial charge in [0.1, 0.15) is 18.3 Å². The number of nitrogens with two attached hydrogens (primary N) is 1. The summed E-state index contributed by atoms with van der Waals surface area (Å²) < 4.78 is 6.25. The van der Waals surface area contributed by atoms with Crippen molar-refractivity contribution >= 4 is 0 Å². The minimum atomic E-state index is -1.39. The van der Waals surface area contributed by atoms with E-state index in [-0.39, 0.29) is 18.0 Å². The number of ether oxygens (including phenoxy) is 1. The molecular weight excluding hydrogens is 282 g/mol. The summed E-state index contributed by atoms with van der Waals surface area (Å²) >= 11 is 0. The van der Waals surface area contributed by atoms with Gasteiger partial charge in [-0.05, 0) is 13.3 Å². The number of nitrogens with zero attached hydrogens (tertiary/aromatic N) is 1. The molecule has 0 aromatic carbocycles. The van der Waals surface area contributed by atoms with Gasteiger partial charge in [-0.2, -0.15) is 0 Å². The molecule has 2 rings (SSSR count). The summed E-state index contributed by atoms with van der Waals surface area (Å²) in [5.41, 5.74) is 4.57. The van der Waals surface area contributed by atoms with Gasteiger partial charge in [-0.3, -0.25) is 14.3 Å². The van der Waals surface area contributed by atoms with Gasteiger partial charge in [-0.15, -0.1) is 0 Å². The lowest BCUT2D eigenvalue weighted by atomic mass is 10.1. The lowest BCUT2D eigenvalue weighted by Crippen LogP contribution is -2.39. The number of aliphatic hydroxyl groups is 3. The monoisotopic (exact) mass is 301 g/mol. The van der Waals surface area contributed by atoms with Gasteiger partial charge in [-0.25, -0.2) is 4.79 Å². The summed E-state index contributed by atoms with van der Waals surface area (Å²) in [7, 11) is 0. The molecule has 9 heteroatoms. The molecule has 0 saturated carbocycles. The molecule has 1 aliphatic rings. The number of aliphatic hydroxyl groups excluding tert-OH is 3. The zero-order valence-electron chi connectivity index (χ0n) is 11.5. The second-order valence-corrected chi connectivity index (χ2v) is 5.23. The van der Waals surface area contributed by atoms with Crippen LogP contribution >= 0.6 is 0 Å². The van der Waals surface area contributed by atoms with Crippen molar-refractivity contribution in [2.75, 3.05) is 6.61 Å². The number of aromatic nitrogens is 2. The van der Waals surface area contributed by atoms with Crippen LogP contribution in [0.4, 0.5) is 0 Å². The van der Waals surface area contributed by atoms with Gasteiger partial charge in [-0.1, -0.05) is 0 Å². The average molecular weight is 301 g/mol. The molecular formula is C12H19N3O6. The number of hydrogen-bond donors (Lipinski definition) is 5. The van der Waals surface area contributed by atoms with E-state index in [4.69, 9.17) is 15.6 Å². The molecule has 0 amide bonds. The van der Waals surface area contributed by atoms with Crippen LogP contribution in [0, 0.1) is 0 Å². The average Bonchev–Trinajstić information content (AvgIpc) is 2.69. The van der Waals surface area contributed by atoms with E-state index in [1.165, 1.54) is 6.20 Å². The Morgan fingerprint density at radius 2 is 2.10 bits per heavy atom. The highest BCUT2D eigenvalue weighted by molar-refractivity contribution is 5.07. The quantitative estimate of drug-likeness (QED) is 0.398. The SMILES string of the molecule is CC(N)Cc1cn([C@@H]2O[C@H](CO)[C@@H](O)[C@H]2O)c(=O)[nH]c1=O. The van der Waals surface area contributed by atoms with Crippen LogP contribution in [0.1, 0.15) is 18.7 Å². The number of H-pyrrole nitrogens is 1. The maximum Gasteiger partial charge on any atom is 0.330 e. The highest BCUT2D eigenvalue weighted by atomic mass is 16.6. The molecule has 2 heterocycles. The van der Waals surface area contributed by atoms with E-state index < -0.39 is 42.4 Å². The summed E-state index contributed by atoms with van der Waals surface area (Å²) in [6, 6.07) is -0.290. The van der Waals surface area contributed by atoms with Crippen LogP contribution in [0.25, 0.3) is 0 Å². The summed E-state index contributed by atoms with van der Waals surface area (Å²) in [6.45, 7) is 1.21. The minimum absolute atomic E-state index is 0.240. The lowest BCUT2D eigenvalue weighted by Gasteiger charge is -2.18. The predicted octanol–water partition coefficient (Wildman–Crippen LogP) is -2.96. The Balaban J connectivity index is 2.40. The van der Waals surface area contributed by atoms with Crippen molar-refractivity contribution in [3.63, 3.8) is 0 Å². The molecule has 9 nitrogen and oxygen atoms in total. The van der Waals surface area contributed by atoms with Gasteiger partial charge in [0.2, 0.25) is 0 Å². The summed E-state index contributed by atoms with van der Waals surface area (Å²) in [6.07, 6.45) is -3.41. The summed E-state index contributed by atoms with van der Waals surface area (Å²) in [4.78, 5) is 25.7. The maximum absolute atomic E-state index is 11.9. The Labute approximate surface area is 119 Å². The van der Waals surface area contributed by atoms with E-state index in [1.54, 1.807) is 6.92 Å². The molecule has 0 bridgehead atoms. The van der Waals surface area contributed by atoms with E-state index >= 15 is 0 Å². The number of hydrogen-bond acceptors (Lipinski definition) is 7. The fourth-order valence-corrected chi connectivity index (χ4v) is 2.32. The van der Waals surface area contributed by atoms with Crippen LogP contribution < -0.4 is 17.0 Å². The van der Waals surface area contributed by atoms with E-state index in [0.717, 1.165) is 4.57 Å². The highest BCUT2D eigenvalue weighted by Crippen LogP contribution is 2.27. The molecule has 1 aromatic heterocycles. The smallest absolute Gasteiger partial charge is 0.330 e. The molecule has 1 unspecified atom stereocenters. The van der Waals surface area contributed by atoms with Gasteiger partial charge < -0.3 is 25.8 Å². The molecule has 0 spiro atoms. The van der Waals surface area contributed by atoms with Crippen LogP contribution in [0.5, 0.6) is 0 Å². The largest absolute Gasteiger partial charge is 0.394 e. The van der Waals surface area contributed by atoms with E-state index in [9.17, 15) is 19.8 Å². The molecule has 5 atom stereocenters. The van der Waals surface area contributed by atoms with Gasteiger partial charge in [0, 0.05) is 17.8 Å². The zero-order chi connectivity index (χ0) is 15.7. The van der Waals surface area contributed by atoms with Crippen molar-refractivity contribution in [3.8, 4) is 0 Å². The first-order valence-electron chi connectivity index (χ1n) is 6.57. The van der Waals surface area contributed by atoms with Crippen molar-refractivity contribution in [2.24, 2.45) is 5.73 Å². The van der Waals surface area contributed by atoms with Crippen LogP contribution in [0.2, 0.25) is 0 Å². The third-order valence-corrected chi connectivity index (χ3v) is 3.37. The molecule has 0 radical (unpaired) electrons. The fraction of sp³-hybridized carbons (Fsp3) is 0.667. The van der Waals surface area contributed by atoms with Gasteiger partial charge in [0.05, 0.1) is 6.61 Å². The number of aromatic amines is 1. The van der Waals surface area contributed by atoms with Crippen molar-refractivity contribution in [1.29, 1.82) is 0 Å². The zero-order valence-corrected chi connectivity index (χ0v) is 11.5. The minimum Gasteiger partial charge on any atom is -0.394 e. The Morgan fingerprint density at radius 1 is 1.43 bits per heavy atom. The Morgan fingerprint density at radius 3 is 2.62 bits per heavy atom. The molecule has 1 aliphatic heterocycles. The van der Waals surface area contributed by atoms with Crippen molar-refractivity contribution in [2.45, 2.75) is 43.9 Å². The topological polar surface area (TPSA) is 151 Å². The second kappa shape index (κ2) is 6.08.